The molecule has 3 heterocycles. The number of alkyl carbamates (subject to hydrolysis) is 2. The lowest BCUT2D eigenvalue weighted by Crippen LogP contribution is -2.73. The van der Waals surface area contributed by atoms with Gasteiger partial charge in [-0.3, -0.25) is 10.6 Å². The van der Waals surface area contributed by atoms with E-state index in [0.717, 1.165) is 39.8 Å². The SMILES string of the molecule is CN1CC[C@]23c4c5ccc(O)c4O[C@H]2c2[nH]c4ccc(N=C(NC(=O)OC(C)(C)C)NC(=O)OC(C)(C)C)cc4c2C[C@@]3(O)[C@@H]1C5. The maximum atomic E-state index is 12.8. The van der Waals surface area contributed by atoms with Crippen LogP contribution in [0.4, 0.5) is 15.3 Å². The minimum absolute atomic E-state index is 0.0824. The average Bonchev–Trinajstić information content (AvgIpc) is 3.45. The van der Waals surface area contributed by atoms with E-state index in [1.54, 1.807) is 53.7 Å². The molecule has 1 fully saturated rings. The van der Waals surface area contributed by atoms with Crippen molar-refractivity contribution in [2.75, 3.05) is 13.6 Å². The van der Waals surface area contributed by atoms with Gasteiger partial charge < -0.3 is 34.3 Å². The third-order valence-corrected chi connectivity index (χ3v) is 9.59. The lowest BCUT2D eigenvalue weighted by molar-refractivity contribution is -0.167. The first-order chi connectivity index (χ1) is 21.5. The first-order valence-electron chi connectivity index (χ1n) is 15.7. The van der Waals surface area contributed by atoms with Crippen LogP contribution in [-0.4, -0.2) is 74.7 Å². The number of phenolic OH excluding ortho intramolecular Hbond substituents is 1. The molecule has 4 aliphatic rings. The number of H-pyrrole nitrogens is 1. The third kappa shape index (κ3) is 4.60. The fraction of sp³-hybridized carbons (Fsp3) is 0.500. The predicted octanol–water partition coefficient (Wildman–Crippen LogP) is 4.83. The van der Waals surface area contributed by atoms with Crippen molar-refractivity contribution in [2.24, 2.45) is 4.99 Å². The summed E-state index contributed by atoms with van der Waals surface area (Å²) in [7, 11) is 2.06. The van der Waals surface area contributed by atoms with Crippen LogP contribution < -0.4 is 15.4 Å². The number of amides is 2. The van der Waals surface area contributed by atoms with Gasteiger partial charge in [-0.05, 0) is 103 Å². The Bertz CT molecular complexity index is 1790. The number of piperidine rings is 1. The van der Waals surface area contributed by atoms with Crippen molar-refractivity contribution < 1.29 is 34.0 Å². The van der Waals surface area contributed by atoms with Gasteiger partial charge in [-0.1, -0.05) is 6.07 Å². The van der Waals surface area contributed by atoms with E-state index in [1.165, 1.54) is 0 Å². The van der Waals surface area contributed by atoms with Crippen LogP contribution in [0.2, 0.25) is 0 Å². The van der Waals surface area contributed by atoms with E-state index < -0.39 is 40.5 Å². The lowest BCUT2D eigenvalue weighted by atomic mass is 9.49. The smallest absolute Gasteiger partial charge is 0.414 e. The van der Waals surface area contributed by atoms with Gasteiger partial charge in [-0.15, -0.1) is 0 Å². The van der Waals surface area contributed by atoms with Crippen LogP contribution >= 0.6 is 0 Å². The molecule has 46 heavy (non-hydrogen) atoms. The number of carbonyl (C=O) groups is 2. The molecular weight excluding hydrogens is 590 g/mol. The number of phenols is 1. The quantitative estimate of drug-likeness (QED) is 0.189. The summed E-state index contributed by atoms with van der Waals surface area (Å²) in [6, 6.07) is 9.00. The second-order valence-electron chi connectivity index (χ2n) is 14.9. The molecule has 12 heteroatoms. The van der Waals surface area contributed by atoms with Crippen molar-refractivity contribution in [1.82, 2.24) is 20.5 Å². The summed E-state index contributed by atoms with van der Waals surface area (Å²) in [6.07, 6.45) is -0.385. The highest BCUT2D eigenvalue weighted by Crippen LogP contribution is 2.68. The molecule has 5 N–H and O–H groups in total. The summed E-state index contributed by atoms with van der Waals surface area (Å²) in [5.41, 5.74) is 1.69. The fourth-order valence-electron chi connectivity index (χ4n) is 7.97. The van der Waals surface area contributed by atoms with E-state index in [1.807, 2.05) is 18.2 Å². The number of hydrogen-bond donors (Lipinski definition) is 5. The summed E-state index contributed by atoms with van der Waals surface area (Å²) in [4.78, 5) is 35.7. The number of likely N-dealkylation sites (tertiary alicyclic amines) is 1. The highest BCUT2D eigenvalue weighted by molar-refractivity contribution is 6.03. The topological polar surface area (TPSA) is 158 Å². The summed E-state index contributed by atoms with van der Waals surface area (Å²) >= 11 is 0. The number of aromatic hydroxyl groups is 1. The molecule has 0 saturated carbocycles. The number of aliphatic imine (C=N–C) groups is 1. The van der Waals surface area contributed by atoms with E-state index in [0.29, 0.717) is 30.7 Å². The molecule has 1 saturated heterocycles. The zero-order chi connectivity index (χ0) is 33.0. The van der Waals surface area contributed by atoms with Crippen LogP contribution in [0, 0.1) is 0 Å². The third-order valence-electron chi connectivity index (χ3n) is 9.59. The Morgan fingerprint density at radius 3 is 2.39 bits per heavy atom. The van der Waals surface area contributed by atoms with E-state index >= 15 is 0 Å². The standard InChI is InChI=1S/C34H41N5O7/c1-31(2,3)45-29(41)37-28(38-30(42)46-32(4,5)6)35-18-9-10-21-19(15-18)20-16-34(43)23-14-17-8-11-22(40)26-24(17)33(34,12-13-39(23)7)27(44-26)25(20)36-21/h8-11,15,23,27,36,40,43H,12-14,16H2,1-7H3,(H2,35,37,38,41,42)/t23-,27-,33-,34+/m0/s1. The van der Waals surface area contributed by atoms with E-state index in [9.17, 15) is 19.8 Å². The summed E-state index contributed by atoms with van der Waals surface area (Å²) in [5.74, 6) is 0.386. The van der Waals surface area contributed by atoms with Crippen LogP contribution in [0.25, 0.3) is 10.9 Å². The van der Waals surface area contributed by atoms with Gasteiger partial charge in [0.15, 0.2) is 17.6 Å². The molecule has 3 aromatic rings. The maximum absolute atomic E-state index is 12.8. The Hall–Kier alpha value is -4.29. The van der Waals surface area contributed by atoms with Crippen LogP contribution in [0.15, 0.2) is 35.3 Å². The molecule has 0 radical (unpaired) electrons. The van der Waals surface area contributed by atoms with Crippen LogP contribution in [0.3, 0.4) is 0 Å². The van der Waals surface area contributed by atoms with Gasteiger partial charge in [0.2, 0.25) is 5.96 Å². The van der Waals surface area contributed by atoms with Gasteiger partial charge in [0, 0.05) is 28.9 Å². The average molecular weight is 632 g/mol. The summed E-state index contributed by atoms with van der Waals surface area (Å²) < 4.78 is 17.4. The number of rotatable bonds is 1. The first-order valence-corrected chi connectivity index (χ1v) is 15.7. The molecule has 2 aromatic carbocycles. The number of aromatic nitrogens is 1. The van der Waals surface area contributed by atoms with Gasteiger partial charge in [0.05, 0.1) is 22.4 Å². The number of likely N-dealkylation sites (N-methyl/N-ethyl adjacent to an activating group) is 1. The molecule has 4 atom stereocenters. The zero-order valence-electron chi connectivity index (χ0n) is 27.2. The number of hydrogen-bond acceptors (Lipinski definition) is 9. The van der Waals surface area contributed by atoms with Crippen LogP contribution in [0.5, 0.6) is 11.5 Å². The number of benzene rings is 2. The fourth-order valence-corrected chi connectivity index (χ4v) is 7.97. The van der Waals surface area contributed by atoms with E-state index in [4.69, 9.17) is 14.2 Å². The highest BCUT2D eigenvalue weighted by Gasteiger charge is 2.72. The van der Waals surface area contributed by atoms with Gasteiger partial charge in [0.1, 0.15) is 11.2 Å². The molecule has 0 unspecified atom stereocenters. The van der Waals surface area contributed by atoms with Gasteiger partial charge in [-0.2, -0.15) is 0 Å². The van der Waals surface area contributed by atoms with Crippen LogP contribution in [0.1, 0.15) is 76.5 Å². The largest absolute Gasteiger partial charge is 0.504 e. The predicted molar refractivity (Wildman–Crippen MR) is 171 cm³/mol. The summed E-state index contributed by atoms with van der Waals surface area (Å²) in [6.45, 7) is 11.2. The van der Waals surface area contributed by atoms with Crippen molar-refractivity contribution >= 4 is 34.7 Å². The number of nitrogens with one attached hydrogen (secondary N) is 3. The van der Waals surface area contributed by atoms with Crippen molar-refractivity contribution in [3.05, 3.63) is 52.7 Å². The minimum atomic E-state index is -1.15. The number of aliphatic hydroxyl groups is 1. The monoisotopic (exact) mass is 631 g/mol. The Morgan fingerprint density at radius 1 is 1.07 bits per heavy atom. The van der Waals surface area contributed by atoms with Crippen molar-refractivity contribution in [3.8, 4) is 11.5 Å². The molecule has 1 aromatic heterocycles. The number of nitrogens with zero attached hydrogens (tertiary/aromatic N) is 2. The second kappa shape index (κ2) is 9.85. The molecule has 2 aliphatic heterocycles. The summed E-state index contributed by atoms with van der Waals surface area (Å²) in [5, 5.41) is 29.6. The Balaban J connectivity index is 1.31. The second-order valence-corrected chi connectivity index (χ2v) is 14.9. The van der Waals surface area contributed by atoms with Gasteiger partial charge >= 0.3 is 12.2 Å². The Labute approximate surface area is 267 Å². The number of carbonyl (C=O) groups excluding carboxylic acids is 2. The molecule has 2 aliphatic carbocycles. The Kier molecular flexibility index (Phi) is 6.51. The zero-order valence-corrected chi connectivity index (χ0v) is 27.2. The molecule has 2 amide bonds. The molecular formula is C34H41N5O7. The number of aromatic amines is 1. The van der Waals surface area contributed by atoms with Gasteiger partial charge in [-0.25, -0.2) is 14.6 Å². The molecule has 244 valence electrons. The minimum Gasteiger partial charge on any atom is -0.504 e. The first kappa shape index (κ1) is 30.4. The highest BCUT2D eigenvalue weighted by atomic mass is 16.6. The lowest BCUT2D eigenvalue weighted by Gasteiger charge is -2.62. The molecule has 1 spiro atoms. The van der Waals surface area contributed by atoms with Gasteiger partial charge in [0.25, 0.3) is 0 Å². The van der Waals surface area contributed by atoms with Crippen molar-refractivity contribution in [2.45, 2.75) is 95.2 Å². The van der Waals surface area contributed by atoms with E-state index in [-0.39, 0.29) is 17.8 Å². The number of guanidine groups is 1. The normalized spacial score (nSPS) is 26.0. The van der Waals surface area contributed by atoms with Crippen molar-refractivity contribution in [1.29, 1.82) is 0 Å². The molecule has 12 nitrogen and oxygen atoms in total. The maximum Gasteiger partial charge on any atom is 0.414 e. The number of fused-ring (bicyclic) bond motifs is 4. The van der Waals surface area contributed by atoms with Crippen molar-refractivity contribution in [3.63, 3.8) is 0 Å². The van der Waals surface area contributed by atoms with Crippen LogP contribution in [-0.2, 0) is 27.7 Å². The number of ether oxygens (including phenoxy) is 3. The Morgan fingerprint density at radius 2 is 1.74 bits per heavy atom. The van der Waals surface area contributed by atoms with E-state index in [2.05, 4.69) is 32.6 Å². The molecule has 2 bridgehead atoms. The molecule has 7 rings (SSSR count).